The zero-order valence-electron chi connectivity index (χ0n) is 10.2. The third kappa shape index (κ3) is 4.05. The first kappa shape index (κ1) is 12.3. The minimum Gasteiger partial charge on any atom is -0.317 e. The van der Waals surface area contributed by atoms with E-state index in [9.17, 15) is 0 Å². The van der Waals surface area contributed by atoms with Crippen LogP contribution in [-0.4, -0.2) is 13.1 Å². The number of hydrogen-bond acceptors (Lipinski definition) is 1. The predicted octanol–water partition coefficient (Wildman–Crippen LogP) is 3.18. The molecule has 0 aliphatic rings. The van der Waals surface area contributed by atoms with Gasteiger partial charge in [0.25, 0.3) is 0 Å². The summed E-state index contributed by atoms with van der Waals surface area (Å²) in [6, 6.07) is 9.68. The standard InChI is InChI=1S/C14H23N/c1-4-6-12-7-9-13(10-8-12)11-14(5-2)15-3/h7-10,14-15H,4-6,11H2,1-3H3. The summed E-state index contributed by atoms with van der Waals surface area (Å²) in [7, 11) is 2.04. The third-order valence-corrected chi connectivity index (χ3v) is 2.94. The Balaban J connectivity index is 2.55. The van der Waals surface area contributed by atoms with E-state index in [1.807, 2.05) is 7.05 Å². The van der Waals surface area contributed by atoms with Gasteiger partial charge in [-0.1, -0.05) is 44.5 Å². The molecule has 0 radical (unpaired) electrons. The molecule has 0 heterocycles. The number of rotatable bonds is 6. The Kier molecular flexibility index (Phi) is 5.41. The second-order valence-electron chi connectivity index (χ2n) is 4.16. The molecule has 1 unspecified atom stereocenters. The maximum Gasteiger partial charge on any atom is 0.0102 e. The number of hydrogen-bond donors (Lipinski definition) is 1. The molecule has 1 rings (SSSR count). The van der Waals surface area contributed by atoms with Gasteiger partial charge in [-0.3, -0.25) is 0 Å². The SMILES string of the molecule is CCCc1ccc(CC(CC)NC)cc1. The van der Waals surface area contributed by atoms with E-state index in [4.69, 9.17) is 0 Å². The van der Waals surface area contributed by atoms with Crippen LogP contribution in [0.2, 0.25) is 0 Å². The first-order chi connectivity index (χ1) is 7.30. The molecule has 0 aromatic heterocycles. The van der Waals surface area contributed by atoms with Crippen LogP contribution < -0.4 is 5.32 Å². The van der Waals surface area contributed by atoms with Gasteiger partial charge in [0.2, 0.25) is 0 Å². The first-order valence-electron chi connectivity index (χ1n) is 6.05. The van der Waals surface area contributed by atoms with E-state index in [1.54, 1.807) is 0 Å². The Morgan fingerprint density at radius 1 is 1.07 bits per heavy atom. The second kappa shape index (κ2) is 6.62. The highest BCUT2D eigenvalue weighted by Crippen LogP contribution is 2.09. The van der Waals surface area contributed by atoms with Crippen LogP contribution >= 0.6 is 0 Å². The van der Waals surface area contributed by atoms with E-state index < -0.39 is 0 Å². The van der Waals surface area contributed by atoms with E-state index in [1.165, 1.54) is 30.4 Å². The summed E-state index contributed by atoms with van der Waals surface area (Å²) in [5.74, 6) is 0. The average Bonchev–Trinajstić information content (AvgIpc) is 2.28. The Morgan fingerprint density at radius 3 is 2.13 bits per heavy atom. The zero-order valence-corrected chi connectivity index (χ0v) is 10.2. The van der Waals surface area contributed by atoms with Crippen molar-refractivity contribution in [3.8, 4) is 0 Å². The molecule has 1 aromatic rings. The molecule has 0 saturated heterocycles. The highest BCUT2D eigenvalue weighted by molar-refractivity contribution is 5.23. The molecule has 0 amide bonds. The van der Waals surface area contributed by atoms with Crippen molar-refractivity contribution in [1.29, 1.82) is 0 Å². The van der Waals surface area contributed by atoms with Crippen LogP contribution in [0.3, 0.4) is 0 Å². The topological polar surface area (TPSA) is 12.0 Å². The molecule has 0 saturated carbocycles. The third-order valence-electron chi connectivity index (χ3n) is 2.94. The van der Waals surface area contributed by atoms with Crippen LogP contribution in [0.5, 0.6) is 0 Å². The molecule has 84 valence electrons. The number of benzene rings is 1. The Labute approximate surface area is 93.9 Å². The summed E-state index contributed by atoms with van der Waals surface area (Å²) in [4.78, 5) is 0. The molecule has 1 N–H and O–H groups in total. The van der Waals surface area contributed by atoms with Crippen molar-refractivity contribution in [1.82, 2.24) is 5.32 Å². The van der Waals surface area contributed by atoms with Gasteiger partial charge >= 0.3 is 0 Å². The van der Waals surface area contributed by atoms with Gasteiger partial charge in [0.05, 0.1) is 0 Å². The highest BCUT2D eigenvalue weighted by atomic mass is 14.9. The molecule has 1 nitrogen and oxygen atoms in total. The van der Waals surface area contributed by atoms with E-state index in [0.717, 1.165) is 6.42 Å². The molecule has 1 heteroatoms. The van der Waals surface area contributed by atoms with Crippen molar-refractivity contribution in [2.24, 2.45) is 0 Å². The van der Waals surface area contributed by atoms with Crippen molar-refractivity contribution in [3.63, 3.8) is 0 Å². The fourth-order valence-corrected chi connectivity index (χ4v) is 1.87. The minimum atomic E-state index is 0.613. The lowest BCUT2D eigenvalue weighted by atomic mass is 10.0. The fourth-order valence-electron chi connectivity index (χ4n) is 1.87. The number of likely N-dealkylation sites (N-methyl/N-ethyl adjacent to an activating group) is 1. The maximum absolute atomic E-state index is 3.34. The lowest BCUT2D eigenvalue weighted by molar-refractivity contribution is 0.543. The molecule has 0 fully saturated rings. The molecule has 1 aromatic carbocycles. The molecule has 0 spiro atoms. The van der Waals surface area contributed by atoms with Gasteiger partial charge in [0, 0.05) is 6.04 Å². The van der Waals surface area contributed by atoms with Gasteiger partial charge in [-0.05, 0) is 37.4 Å². The Hall–Kier alpha value is -0.820. The van der Waals surface area contributed by atoms with Crippen LogP contribution in [0.1, 0.15) is 37.8 Å². The molecular weight excluding hydrogens is 182 g/mol. The lowest BCUT2D eigenvalue weighted by Crippen LogP contribution is -2.26. The quantitative estimate of drug-likeness (QED) is 0.752. The Bertz CT molecular complexity index is 259. The van der Waals surface area contributed by atoms with Crippen LogP contribution in [0.4, 0.5) is 0 Å². The molecule has 0 aliphatic heterocycles. The largest absolute Gasteiger partial charge is 0.317 e. The normalized spacial score (nSPS) is 12.7. The van der Waals surface area contributed by atoms with Crippen LogP contribution in [-0.2, 0) is 12.8 Å². The number of aryl methyl sites for hydroxylation is 1. The smallest absolute Gasteiger partial charge is 0.0102 e. The first-order valence-corrected chi connectivity index (χ1v) is 6.05. The van der Waals surface area contributed by atoms with E-state index in [0.29, 0.717) is 6.04 Å². The predicted molar refractivity (Wildman–Crippen MR) is 67.3 cm³/mol. The maximum atomic E-state index is 3.34. The van der Waals surface area contributed by atoms with Crippen molar-refractivity contribution in [2.75, 3.05) is 7.05 Å². The molecule has 0 aliphatic carbocycles. The van der Waals surface area contributed by atoms with E-state index >= 15 is 0 Å². The van der Waals surface area contributed by atoms with Crippen molar-refractivity contribution in [3.05, 3.63) is 35.4 Å². The van der Waals surface area contributed by atoms with Crippen molar-refractivity contribution < 1.29 is 0 Å². The zero-order chi connectivity index (χ0) is 11.1. The van der Waals surface area contributed by atoms with Gasteiger partial charge in [-0.2, -0.15) is 0 Å². The monoisotopic (exact) mass is 205 g/mol. The summed E-state index contributed by atoms with van der Waals surface area (Å²) >= 11 is 0. The average molecular weight is 205 g/mol. The molecule has 0 bridgehead atoms. The summed E-state index contributed by atoms with van der Waals surface area (Å²) in [6.45, 7) is 4.45. The molecular formula is C14H23N. The van der Waals surface area contributed by atoms with Gasteiger partial charge in [-0.25, -0.2) is 0 Å². The van der Waals surface area contributed by atoms with Gasteiger partial charge in [0.15, 0.2) is 0 Å². The van der Waals surface area contributed by atoms with Gasteiger partial charge in [0.1, 0.15) is 0 Å². The lowest BCUT2D eigenvalue weighted by Gasteiger charge is -2.13. The summed E-state index contributed by atoms with van der Waals surface area (Å²) in [5, 5.41) is 3.34. The second-order valence-corrected chi connectivity index (χ2v) is 4.16. The minimum absolute atomic E-state index is 0.613. The van der Waals surface area contributed by atoms with Gasteiger partial charge in [-0.15, -0.1) is 0 Å². The van der Waals surface area contributed by atoms with Crippen molar-refractivity contribution in [2.45, 2.75) is 45.6 Å². The van der Waals surface area contributed by atoms with E-state index in [2.05, 4.69) is 43.4 Å². The van der Waals surface area contributed by atoms with Crippen LogP contribution in [0.15, 0.2) is 24.3 Å². The summed E-state index contributed by atoms with van der Waals surface area (Å²) in [5.41, 5.74) is 2.90. The van der Waals surface area contributed by atoms with Crippen LogP contribution in [0.25, 0.3) is 0 Å². The molecule has 15 heavy (non-hydrogen) atoms. The van der Waals surface area contributed by atoms with Gasteiger partial charge < -0.3 is 5.32 Å². The highest BCUT2D eigenvalue weighted by Gasteiger charge is 2.03. The summed E-state index contributed by atoms with van der Waals surface area (Å²) in [6.07, 6.45) is 4.75. The van der Waals surface area contributed by atoms with Crippen molar-refractivity contribution >= 4 is 0 Å². The Morgan fingerprint density at radius 2 is 1.67 bits per heavy atom. The summed E-state index contributed by atoms with van der Waals surface area (Å²) < 4.78 is 0. The number of nitrogens with one attached hydrogen (secondary N) is 1. The molecule has 1 atom stereocenters. The fraction of sp³-hybridized carbons (Fsp3) is 0.571. The van der Waals surface area contributed by atoms with Crippen LogP contribution in [0, 0.1) is 0 Å². The van der Waals surface area contributed by atoms with E-state index in [-0.39, 0.29) is 0 Å².